The minimum Gasteiger partial charge on any atom is -0.481 e. The van der Waals surface area contributed by atoms with E-state index in [2.05, 4.69) is 31.3 Å². The maximum absolute atomic E-state index is 12.6. The van der Waals surface area contributed by atoms with E-state index < -0.39 is 6.10 Å². The highest BCUT2D eigenvalue weighted by Crippen LogP contribution is 2.28. The number of para-hydroxylation sites is 1. The van der Waals surface area contributed by atoms with E-state index in [4.69, 9.17) is 4.74 Å². The Morgan fingerprint density at radius 1 is 1.00 bits per heavy atom. The summed E-state index contributed by atoms with van der Waals surface area (Å²) in [6.45, 7) is 12.0. The highest BCUT2D eigenvalue weighted by Gasteiger charge is 2.19. The first kappa shape index (κ1) is 18.1. The minimum atomic E-state index is -0.566. The first-order valence-electron chi connectivity index (χ1n) is 8.44. The number of ether oxygens (including phenoxy) is 1. The van der Waals surface area contributed by atoms with E-state index >= 15 is 0 Å². The van der Waals surface area contributed by atoms with Crippen LogP contribution in [0.5, 0.6) is 5.75 Å². The van der Waals surface area contributed by atoms with Crippen LogP contribution < -0.4 is 10.1 Å². The third kappa shape index (κ3) is 4.16. The van der Waals surface area contributed by atoms with Gasteiger partial charge in [0.05, 0.1) is 0 Å². The van der Waals surface area contributed by atoms with Crippen LogP contribution in [0.15, 0.2) is 36.4 Å². The molecule has 128 valence electrons. The van der Waals surface area contributed by atoms with E-state index in [0.717, 1.165) is 33.7 Å². The van der Waals surface area contributed by atoms with E-state index in [-0.39, 0.29) is 5.91 Å². The van der Waals surface area contributed by atoms with Crippen LogP contribution in [-0.2, 0) is 4.79 Å². The average Bonchev–Trinajstić information content (AvgIpc) is 2.50. The molecule has 0 heterocycles. The van der Waals surface area contributed by atoms with Gasteiger partial charge in [-0.15, -0.1) is 0 Å². The summed E-state index contributed by atoms with van der Waals surface area (Å²) in [6.07, 6.45) is -0.566. The van der Waals surface area contributed by atoms with Crippen molar-refractivity contribution in [3.8, 4) is 5.75 Å². The van der Waals surface area contributed by atoms with Crippen molar-refractivity contribution in [3.05, 3.63) is 58.7 Å². The monoisotopic (exact) mass is 325 g/mol. The SMILES string of the molecule is Cc1ccc(C(C)C)c(OC(C)C(=O)Nc2c(C)cccc2C)c1. The number of carbonyl (C=O) groups excluding carboxylic acids is 1. The van der Waals surface area contributed by atoms with Gasteiger partial charge >= 0.3 is 0 Å². The fourth-order valence-electron chi connectivity index (χ4n) is 2.70. The molecule has 0 aliphatic heterocycles. The topological polar surface area (TPSA) is 38.3 Å². The lowest BCUT2D eigenvalue weighted by molar-refractivity contribution is -0.122. The Hall–Kier alpha value is -2.29. The molecule has 0 bridgehead atoms. The molecule has 0 aliphatic carbocycles. The molecule has 0 saturated carbocycles. The number of hydrogen-bond donors (Lipinski definition) is 1. The first-order valence-corrected chi connectivity index (χ1v) is 8.44. The molecule has 0 aromatic heterocycles. The van der Waals surface area contributed by atoms with Crippen LogP contribution in [0, 0.1) is 20.8 Å². The molecule has 1 N–H and O–H groups in total. The number of carbonyl (C=O) groups is 1. The van der Waals surface area contributed by atoms with Gasteiger partial charge in [-0.1, -0.05) is 44.2 Å². The highest BCUT2D eigenvalue weighted by molar-refractivity contribution is 5.95. The van der Waals surface area contributed by atoms with E-state index in [9.17, 15) is 4.79 Å². The molecule has 0 aliphatic rings. The van der Waals surface area contributed by atoms with Gasteiger partial charge in [0.15, 0.2) is 6.10 Å². The summed E-state index contributed by atoms with van der Waals surface area (Å²) in [5, 5.41) is 3.00. The zero-order chi connectivity index (χ0) is 17.9. The number of hydrogen-bond acceptors (Lipinski definition) is 2. The zero-order valence-corrected chi connectivity index (χ0v) is 15.4. The lowest BCUT2D eigenvalue weighted by Gasteiger charge is -2.20. The van der Waals surface area contributed by atoms with Crippen LogP contribution >= 0.6 is 0 Å². The minimum absolute atomic E-state index is 0.136. The Kier molecular flexibility index (Phi) is 5.66. The molecule has 2 aromatic rings. The Morgan fingerprint density at radius 2 is 1.62 bits per heavy atom. The van der Waals surface area contributed by atoms with E-state index in [0.29, 0.717) is 5.92 Å². The van der Waals surface area contributed by atoms with Crippen molar-refractivity contribution >= 4 is 11.6 Å². The normalized spacial score (nSPS) is 12.1. The van der Waals surface area contributed by atoms with Crippen molar-refractivity contribution in [3.63, 3.8) is 0 Å². The number of anilines is 1. The molecule has 24 heavy (non-hydrogen) atoms. The van der Waals surface area contributed by atoms with Crippen LogP contribution in [-0.4, -0.2) is 12.0 Å². The van der Waals surface area contributed by atoms with Crippen molar-refractivity contribution in [2.45, 2.75) is 53.6 Å². The molecule has 0 saturated heterocycles. The van der Waals surface area contributed by atoms with Crippen molar-refractivity contribution in [2.24, 2.45) is 0 Å². The van der Waals surface area contributed by atoms with Crippen LogP contribution in [0.3, 0.4) is 0 Å². The molecule has 1 amide bonds. The summed E-state index contributed by atoms with van der Waals surface area (Å²) in [6, 6.07) is 12.1. The first-order chi connectivity index (χ1) is 11.3. The van der Waals surface area contributed by atoms with Gasteiger partial charge in [0.2, 0.25) is 0 Å². The van der Waals surface area contributed by atoms with Crippen LogP contribution in [0.4, 0.5) is 5.69 Å². The number of rotatable bonds is 5. The maximum atomic E-state index is 12.6. The smallest absolute Gasteiger partial charge is 0.265 e. The average molecular weight is 325 g/mol. The van der Waals surface area contributed by atoms with Gasteiger partial charge in [0.25, 0.3) is 5.91 Å². The summed E-state index contributed by atoms with van der Waals surface area (Å²) in [7, 11) is 0. The summed E-state index contributed by atoms with van der Waals surface area (Å²) in [5.74, 6) is 0.993. The van der Waals surface area contributed by atoms with E-state index in [1.807, 2.05) is 45.0 Å². The van der Waals surface area contributed by atoms with Crippen molar-refractivity contribution < 1.29 is 9.53 Å². The number of amides is 1. The largest absolute Gasteiger partial charge is 0.481 e. The maximum Gasteiger partial charge on any atom is 0.265 e. The van der Waals surface area contributed by atoms with Gasteiger partial charge < -0.3 is 10.1 Å². The number of nitrogens with one attached hydrogen (secondary N) is 1. The van der Waals surface area contributed by atoms with Gasteiger partial charge in [0, 0.05) is 5.69 Å². The molecule has 2 aromatic carbocycles. The van der Waals surface area contributed by atoms with E-state index in [1.165, 1.54) is 0 Å². The molecule has 3 nitrogen and oxygen atoms in total. The van der Waals surface area contributed by atoms with Gasteiger partial charge in [-0.2, -0.15) is 0 Å². The van der Waals surface area contributed by atoms with Crippen LogP contribution in [0.25, 0.3) is 0 Å². The third-order valence-electron chi connectivity index (χ3n) is 4.19. The fraction of sp³-hybridized carbons (Fsp3) is 0.381. The molecule has 2 rings (SSSR count). The third-order valence-corrected chi connectivity index (χ3v) is 4.19. The second-order valence-electron chi connectivity index (χ2n) is 6.71. The summed E-state index contributed by atoms with van der Waals surface area (Å²) in [4.78, 5) is 12.6. The quantitative estimate of drug-likeness (QED) is 0.826. The predicted molar refractivity (Wildman–Crippen MR) is 99.9 cm³/mol. The van der Waals surface area contributed by atoms with Gasteiger partial charge in [0.1, 0.15) is 5.75 Å². The van der Waals surface area contributed by atoms with Crippen LogP contribution in [0.1, 0.15) is 48.9 Å². The molecule has 3 heteroatoms. The van der Waals surface area contributed by atoms with Gasteiger partial charge in [-0.25, -0.2) is 0 Å². The molecular formula is C21H27NO2. The lowest BCUT2D eigenvalue weighted by atomic mass is 10.0. The second kappa shape index (κ2) is 7.52. The standard InChI is InChI=1S/C21H27NO2/c1-13(2)18-11-10-14(3)12-19(18)24-17(6)21(23)22-20-15(4)8-7-9-16(20)5/h7-13,17H,1-6H3,(H,22,23). The number of aryl methyl sites for hydroxylation is 3. The highest BCUT2D eigenvalue weighted by atomic mass is 16.5. The van der Waals surface area contributed by atoms with Crippen molar-refractivity contribution in [2.75, 3.05) is 5.32 Å². The Morgan fingerprint density at radius 3 is 2.21 bits per heavy atom. The van der Waals surface area contributed by atoms with Crippen LogP contribution in [0.2, 0.25) is 0 Å². The molecule has 1 unspecified atom stereocenters. The zero-order valence-electron chi connectivity index (χ0n) is 15.4. The van der Waals surface area contributed by atoms with Crippen molar-refractivity contribution in [1.82, 2.24) is 0 Å². The molecular weight excluding hydrogens is 298 g/mol. The van der Waals surface area contributed by atoms with Gasteiger partial charge in [-0.05, 0) is 61.9 Å². The second-order valence-corrected chi connectivity index (χ2v) is 6.71. The Bertz CT molecular complexity index is 714. The molecule has 1 atom stereocenters. The molecule has 0 radical (unpaired) electrons. The Labute approximate surface area is 145 Å². The molecule has 0 spiro atoms. The Balaban J connectivity index is 2.17. The van der Waals surface area contributed by atoms with Crippen molar-refractivity contribution in [1.29, 1.82) is 0 Å². The summed E-state index contributed by atoms with van der Waals surface area (Å²) in [5.41, 5.74) is 5.21. The lowest BCUT2D eigenvalue weighted by Crippen LogP contribution is -2.31. The predicted octanol–water partition coefficient (Wildman–Crippen LogP) is 5.14. The van der Waals surface area contributed by atoms with Gasteiger partial charge in [-0.3, -0.25) is 4.79 Å². The van der Waals surface area contributed by atoms with E-state index in [1.54, 1.807) is 6.92 Å². The number of benzene rings is 2. The summed E-state index contributed by atoms with van der Waals surface area (Å²) >= 11 is 0. The molecule has 0 fully saturated rings. The summed E-state index contributed by atoms with van der Waals surface area (Å²) < 4.78 is 5.99. The fourth-order valence-corrected chi connectivity index (χ4v) is 2.70.